The highest BCUT2D eigenvalue weighted by Gasteiger charge is 2.64. The SMILES string of the molecule is OC[C@H]1OC(O)(CO[C@]2(CO[C@]3(CO[C@]4(CO)O[C@H](CO)[C@@H](O)[C@@H]4O)O[C@H](CO)[C@@H](O)[C@@H]3O)O[C@H](CO)[C@@H](O)[C@@H]2O)[C@@H](O)[C@@H]1O. The summed E-state index contributed by atoms with van der Waals surface area (Å²) in [5.41, 5.74) is 0. The van der Waals surface area contributed by atoms with Crippen molar-refractivity contribution in [2.75, 3.05) is 52.9 Å². The molecule has 0 aliphatic carbocycles. The first-order valence-electron chi connectivity index (χ1n) is 14.0. The maximum absolute atomic E-state index is 11.0. The Labute approximate surface area is 254 Å². The number of hydrogen-bond donors (Lipinski definition) is 14. The van der Waals surface area contributed by atoms with Gasteiger partial charge in [-0.05, 0) is 0 Å². The van der Waals surface area contributed by atoms with E-state index in [1.165, 1.54) is 0 Å². The molecule has 1 unspecified atom stereocenters. The van der Waals surface area contributed by atoms with Crippen molar-refractivity contribution in [2.45, 2.75) is 96.4 Å². The fourth-order valence-corrected chi connectivity index (χ4v) is 5.68. The molecule has 4 aliphatic rings. The van der Waals surface area contributed by atoms with Crippen LogP contribution in [0.5, 0.6) is 0 Å². The van der Waals surface area contributed by atoms with Gasteiger partial charge in [-0.15, -0.1) is 0 Å². The minimum Gasteiger partial charge on any atom is -0.394 e. The summed E-state index contributed by atoms with van der Waals surface area (Å²) in [5, 5.41) is 143. The first kappa shape index (κ1) is 37.0. The molecule has 4 saturated heterocycles. The van der Waals surface area contributed by atoms with Crippen molar-refractivity contribution in [1.82, 2.24) is 0 Å². The van der Waals surface area contributed by atoms with Crippen molar-refractivity contribution in [3.05, 3.63) is 0 Å². The van der Waals surface area contributed by atoms with Gasteiger partial charge in [-0.1, -0.05) is 0 Å². The van der Waals surface area contributed by atoms with E-state index >= 15 is 0 Å². The van der Waals surface area contributed by atoms with Gasteiger partial charge in [-0.25, -0.2) is 0 Å². The second-order valence-electron chi connectivity index (χ2n) is 11.4. The smallest absolute Gasteiger partial charge is 0.222 e. The van der Waals surface area contributed by atoms with E-state index in [1.807, 2.05) is 0 Å². The third-order valence-electron chi connectivity index (χ3n) is 8.54. The van der Waals surface area contributed by atoms with Crippen molar-refractivity contribution in [3.63, 3.8) is 0 Å². The largest absolute Gasteiger partial charge is 0.394 e. The normalized spacial score (nSPS) is 51.9. The molecular weight excluding hydrogens is 624 g/mol. The average Bonchev–Trinajstić information content (AvgIpc) is 3.63. The highest BCUT2D eigenvalue weighted by molar-refractivity contribution is 5.03. The number of ether oxygens (including phenoxy) is 7. The highest BCUT2D eigenvalue weighted by atomic mass is 16.8. The predicted molar refractivity (Wildman–Crippen MR) is 134 cm³/mol. The molecule has 4 heterocycles. The molecule has 21 nitrogen and oxygen atoms in total. The second-order valence-corrected chi connectivity index (χ2v) is 11.4. The van der Waals surface area contributed by atoms with Crippen molar-refractivity contribution in [1.29, 1.82) is 0 Å². The van der Waals surface area contributed by atoms with E-state index in [0.717, 1.165) is 0 Å². The van der Waals surface area contributed by atoms with Gasteiger partial charge in [0.25, 0.3) is 0 Å². The van der Waals surface area contributed by atoms with Crippen LogP contribution >= 0.6 is 0 Å². The van der Waals surface area contributed by atoms with Gasteiger partial charge >= 0.3 is 0 Å². The zero-order chi connectivity index (χ0) is 33.5. The van der Waals surface area contributed by atoms with Crippen LogP contribution in [-0.2, 0) is 33.2 Å². The summed E-state index contributed by atoms with van der Waals surface area (Å²) in [7, 11) is 0. The molecule has 4 fully saturated rings. The van der Waals surface area contributed by atoms with Gasteiger partial charge in [0.1, 0.15) is 99.7 Å². The fourth-order valence-electron chi connectivity index (χ4n) is 5.68. The lowest BCUT2D eigenvalue weighted by atomic mass is 10.0. The van der Waals surface area contributed by atoms with E-state index in [0.29, 0.717) is 0 Å². The predicted octanol–water partition coefficient (Wildman–Crippen LogP) is -9.74. The van der Waals surface area contributed by atoms with Crippen molar-refractivity contribution in [2.24, 2.45) is 0 Å². The van der Waals surface area contributed by atoms with Crippen LogP contribution in [0, 0.1) is 0 Å². The fraction of sp³-hybridized carbons (Fsp3) is 1.00. The monoisotopic (exact) mass is 666 g/mol. The molecule has 0 aromatic carbocycles. The quantitative estimate of drug-likeness (QED) is 0.0818. The Balaban J connectivity index is 1.62. The average molecular weight is 667 g/mol. The lowest BCUT2D eigenvalue weighted by molar-refractivity contribution is -0.374. The molecule has 0 radical (unpaired) electrons. The molecule has 4 rings (SSSR count). The maximum Gasteiger partial charge on any atom is 0.222 e. The minimum absolute atomic E-state index is 0.806. The van der Waals surface area contributed by atoms with Crippen LogP contribution in [-0.4, -0.2) is 221 Å². The summed E-state index contributed by atoms with van der Waals surface area (Å²) in [6, 6.07) is 0. The first-order chi connectivity index (χ1) is 21.1. The van der Waals surface area contributed by atoms with Crippen LogP contribution in [0.4, 0.5) is 0 Å². The molecule has 45 heavy (non-hydrogen) atoms. The number of aliphatic hydroxyl groups is 14. The molecule has 0 spiro atoms. The third-order valence-corrected chi connectivity index (χ3v) is 8.54. The number of rotatable bonds is 14. The Bertz CT molecular complexity index is 979. The highest BCUT2D eigenvalue weighted by Crippen LogP contribution is 2.41. The van der Waals surface area contributed by atoms with E-state index in [9.17, 15) is 71.5 Å². The summed E-state index contributed by atoms with van der Waals surface area (Å²) < 4.78 is 38.3. The lowest BCUT2D eigenvalue weighted by Gasteiger charge is -2.40. The van der Waals surface area contributed by atoms with Gasteiger partial charge in [0.15, 0.2) is 0 Å². The third kappa shape index (κ3) is 6.37. The Morgan fingerprint density at radius 3 is 1.09 bits per heavy atom. The standard InChI is InChI=1S/C24H42O21/c25-1-9-13(30)17(34)21(38,42-9)6-39-23(19(36)15(32)11(3-27)44-23)8-41-24(20(37)16(33)12(4-28)45-24)7-40-22(5-29)18(35)14(31)10(2-26)43-22/h9-20,25-38H,1-8H2/t9-,10-,11-,12-,13-,14-,15-,16-,17+,18+,19+,20+,21?,22-,23-,24-/m1/s1. The van der Waals surface area contributed by atoms with Gasteiger partial charge in [-0.2, -0.15) is 0 Å². The van der Waals surface area contributed by atoms with Gasteiger partial charge in [0.2, 0.25) is 23.1 Å². The van der Waals surface area contributed by atoms with Crippen LogP contribution in [0.2, 0.25) is 0 Å². The summed E-state index contributed by atoms with van der Waals surface area (Å²) in [4.78, 5) is 0. The topological polar surface area (TPSA) is 348 Å². The molecule has 16 atom stereocenters. The Hall–Kier alpha value is -0.840. The summed E-state index contributed by atoms with van der Waals surface area (Å²) in [6.45, 7) is -7.85. The number of hydrogen-bond acceptors (Lipinski definition) is 21. The zero-order valence-electron chi connectivity index (χ0n) is 23.7. The Kier molecular flexibility index (Phi) is 11.5. The zero-order valence-corrected chi connectivity index (χ0v) is 23.7. The Morgan fingerprint density at radius 2 is 0.733 bits per heavy atom. The van der Waals surface area contributed by atoms with Crippen LogP contribution in [0.3, 0.4) is 0 Å². The molecule has 0 aromatic heterocycles. The molecule has 0 saturated carbocycles. The van der Waals surface area contributed by atoms with Crippen molar-refractivity contribution in [3.8, 4) is 0 Å². The minimum atomic E-state index is -2.72. The van der Waals surface area contributed by atoms with Crippen LogP contribution in [0.1, 0.15) is 0 Å². The van der Waals surface area contributed by atoms with E-state index < -0.39 is 149 Å². The van der Waals surface area contributed by atoms with E-state index in [4.69, 9.17) is 33.2 Å². The molecule has 0 bridgehead atoms. The lowest BCUT2D eigenvalue weighted by Crippen LogP contribution is -2.59. The van der Waals surface area contributed by atoms with E-state index in [2.05, 4.69) is 0 Å². The molecule has 4 aliphatic heterocycles. The molecular formula is C24H42O21. The van der Waals surface area contributed by atoms with Crippen LogP contribution in [0.25, 0.3) is 0 Å². The van der Waals surface area contributed by atoms with Crippen molar-refractivity contribution < 1.29 is 105 Å². The molecule has 14 N–H and O–H groups in total. The second kappa shape index (κ2) is 13.9. The Morgan fingerprint density at radius 1 is 0.422 bits per heavy atom. The summed E-state index contributed by atoms with van der Waals surface area (Å²) >= 11 is 0. The molecule has 264 valence electrons. The van der Waals surface area contributed by atoms with E-state index in [1.54, 1.807) is 0 Å². The van der Waals surface area contributed by atoms with Gasteiger partial charge in [0, 0.05) is 0 Å². The van der Waals surface area contributed by atoms with E-state index in [-0.39, 0.29) is 0 Å². The summed E-state index contributed by atoms with van der Waals surface area (Å²) in [5.74, 6) is -10.4. The maximum atomic E-state index is 11.0. The molecule has 0 amide bonds. The van der Waals surface area contributed by atoms with Gasteiger partial charge in [-0.3, -0.25) is 0 Å². The van der Waals surface area contributed by atoms with Gasteiger partial charge < -0.3 is 105 Å². The molecule has 0 aromatic rings. The van der Waals surface area contributed by atoms with Gasteiger partial charge in [0.05, 0.1) is 26.4 Å². The van der Waals surface area contributed by atoms with Crippen LogP contribution in [0.15, 0.2) is 0 Å². The van der Waals surface area contributed by atoms with Crippen LogP contribution < -0.4 is 0 Å². The van der Waals surface area contributed by atoms with Crippen molar-refractivity contribution >= 4 is 0 Å². The number of aliphatic hydroxyl groups excluding tert-OH is 13. The summed E-state index contributed by atoms with van der Waals surface area (Å²) in [6.07, 6.45) is -21.5. The first-order valence-corrected chi connectivity index (χ1v) is 14.0. The molecule has 21 heteroatoms.